The predicted molar refractivity (Wildman–Crippen MR) is 60.4 cm³/mol. The molecule has 1 aliphatic carbocycles. The molecular weight excluding hydrogens is 264 g/mol. The SMILES string of the molecule is NC(=O)NC1CCCc2sc(Br)cc21. The Bertz CT molecular complexity index is 364. The van der Waals surface area contributed by atoms with Gasteiger partial charge in [-0.15, -0.1) is 11.3 Å². The van der Waals surface area contributed by atoms with Crippen LogP contribution in [0.25, 0.3) is 0 Å². The van der Waals surface area contributed by atoms with Gasteiger partial charge in [-0.05, 0) is 46.8 Å². The summed E-state index contributed by atoms with van der Waals surface area (Å²) < 4.78 is 1.13. The Morgan fingerprint density at radius 3 is 3.21 bits per heavy atom. The van der Waals surface area contributed by atoms with Crippen molar-refractivity contribution in [2.75, 3.05) is 0 Å². The molecule has 2 rings (SSSR count). The number of fused-ring (bicyclic) bond motifs is 1. The fraction of sp³-hybridized carbons (Fsp3) is 0.444. The minimum Gasteiger partial charge on any atom is -0.352 e. The van der Waals surface area contributed by atoms with Crippen LogP contribution in [0.1, 0.15) is 29.3 Å². The minimum atomic E-state index is -0.440. The van der Waals surface area contributed by atoms with Crippen molar-refractivity contribution in [1.82, 2.24) is 5.32 Å². The second-order valence-electron chi connectivity index (χ2n) is 3.38. The summed E-state index contributed by atoms with van der Waals surface area (Å²) in [5.74, 6) is 0. The van der Waals surface area contributed by atoms with Crippen molar-refractivity contribution in [1.29, 1.82) is 0 Å². The fourth-order valence-electron chi connectivity index (χ4n) is 1.84. The number of aryl methyl sites for hydroxylation is 1. The number of carbonyl (C=O) groups excluding carboxylic acids is 1. The molecular formula is C9H11BrN2OS. The summed E-state index contributed by atoms with van der Waals surface area (Å²) in [4.78, 5) is 12.1. The van der Waals surface area contributed by atoms with Crippen molar-refractivity contribution >= 4 is 33.3 Å². The molecule has 0 saturated carbocycles. The first-order chi connectivity index (χ1) is 6.66. The number of thiophene rings is 1. The Kier molecular flexibility index (Phi) is 2.78. The molecule has 1 aromatic rings. The fourth-order valence-corrected chi connectivity index (χ4v) is 3.66. The molecule has 3 nitrogen and oxygen atoms in total. The van der Waals surface area contributed by atoms with E-state index in [1.807, 2.05) is 0 Å². The molecule has 3 N–H and O–H groups in total. The van der Waals surface area contributed by atoms with Gasteiger partial charge in [0.25, 0.3) is 0 Å². The van der Waals surface area contributed by atoms with Gasteiger partial charge in [0.2, 0.25) is 0 Å². The topological polar surface area (TPSA) is 55.1 Å². The molecule has 2 amide bonds. The van der Waals surface area contributed by atoms with Crippen LogP contribution < -0.4 is 11.1 Å². The summed E-state index contributed by atoms with van der Waals surface area (Å²) in [6, 6.07) is 1.75. The molecule has 1 aliphatic rings. The van der Waals surface area contributed by atoms with Crippen molar-refractivity contribution < 1.29 is 4.79 Å². The van der Waals surface area contributed by atoms with E-state index in [1.54, 1.807) is 11.3 Å². The number of carbonyl (C=O) groups is 1. The van der Waals surface area contributed by atoms with Gasteiger partial charge >= 0.3 is 6.03 Å². The van der Waals surface area contributed by atoms with Gasteiger partial charge in [0, 0.05) is 4.88 Å². The maximum absolute atomic E-state index is 10.8. The number of primary amides is 1. The average Bonchev–Trinajstić information content (AvgIpc) is 2.45. The van der Waals surface area contributed by atoms with Gasteiger partial charge in [0.1, 0.15) is 0 Å². The third kappa shape index (κ3) is 1.93. The second-order valence-corrected chi connectivity index (χ2v) is 5.90. The van der Waals surface area contributed by atoms with E-state index in [0.717, 1.165) is 23.0 Å². The lowest BCUT2D eigenvalue weighted by Gasteiger charge is -2.22. The Labute approximate surface area is 94.8 Å². The Morgan fingerprint density at radius 2 is 2.50 bits per heavy atom. The summed E-state index contributed by atoms with van der Waals surface area (Å²) in [6.07, 6.45) is 3.21. The smallest absolute Gasteiger partial charge is 0.312 e. The van der Waals surface area contributed by atoms with Gasteiger partial charge in [-0.1, -0.05) is 0 Å². The lowest BCUT2D eigenvalue weighted by atomic mass is 9.94. The minimum absolute atomic E-state index is 0.110. The number of urea groups is 1. The van der Waals surface area contributed by atoms with Gasteiger partial charge in [-0.3, -0.25) is 0 Å². The summed E-state index contributed by atoms with van der Waals surface area (Å²) in [6.45, 7) is 0. The first-order valence-corrected chi connectivity index (χ1v) is 6.12. The van der Waals surface area contributed by atoms with Crippen LogP contribution >= 0.6 is 27.3 Å². The highest BCUT2D eigenvalue weighted by molar-refractivity contribution is 9.11. The molecule has 1 unspecified atom stereocenters. The van der Waals surface area contributed by atoms with E-state index < -0.39 is 6.03 Å². The largest absolute Gasteiger partial charge is 0.352 e. The highest BCUT2D eigenvalue weighted by atomic mass is 79.9. The van der Waals surface area contributed by atoms with Crippen LogP contribution in [0.15, 0.2) is 9.85 Å². The van der Waals surface area contributed by atoms with E-state index in [0.29, 0.717) is 0 Å². The number of nitrogens with two attached hydrogens (primary N) is 1. The zero-order chi connectivity index (χ0) is 10.1. The molecule has 0 bridgehead atoms. The lowest BCUT2D eigenvalue weighted by Crippen LogP contribution is -2.34. The molecule has 0 fully saturated rings. The van der Waals surface area contributed by atoms with E-state index in [9.17, 15) is 4.79 Å². The van der Waals surface area contributed by atoms with Gasteiger partial charge < -0.3 is 11.1 Å². The normalized spacial score (nSPS) is 20.2. The van der Waals surface area contributed by atoms with E-state index in [-0.39, 0.29) is 6.04 Å². The van der Waals surface area contributed by atoms with Crippen LogP contribution in [0.3, 0.4) is 0 Å². The molecule has 1 heterocycles. The summed E-state index contributed by atoms with van der Waals surface area (Å²) >= 11 is 5.21. The molecule has 14 heavy (non-hydrogen) atoms. The van der Waals surface area contributed by atoms with Crippen LogP contribution in [-0.4, -0.2) is 6.03 Å². The lowest BCUT2D eigenvalue weighted by molar-refractivity contribution is 0.244. The number of hydrogen-bond acceptors (Lipinski definition) is 2. The Morgan fingerprint density at radius 1 is 1.71 bits per heavy atom. The standard InChI is InChI=1S/C9H11BrN2OS/c10-8-4-5-6(12-9(11)13)2-1-3-7(5)14-8/h4,6H,1-3H2,(H3,11,12,13). The van der Waals surface area contributed by atoms with Gasteiger partial charge in [0.05, 0.1) is 9.83 Å². The zero-order valence-corrected chi connectivity index (χ0v) is 9.95. The van der Waals surface area contributed by atoms with Crippen LogP contribution in [-0.2, 0) is 6.42 Å². The highest BCUT2D eigenvalue weighted by Crippen LogP contribution is 2.37. The number of hydrogen-bond donors (Lipinski definition) is 2. The zero-order valence-electron chi connectivity index (χ0n) is 7.55. The van der Waals surface area contributed by atoms with Crippen LogP contribution in [0.4, 0.5) is 4.79 Å². The molecule has 1 atom stereocenters. The van der Waals surface area contributed by atoms with Crippen LogP contribution in [0.2, 0.25) is 0 Å². The Balaban J connectivity index is 2.25. The quantitative estimate of drug-likeness (QED) is 0.813. The number of amides is 2. The van der Waals surface area contributed by atoms with Gasteiger partial charge in [0.15, 0.2) is 0 Å². The molecule has 5 heteroatoms. The molecule has 0 spiro atoms. The van der Waals surface area contributed by atoms with Gasteiger partial charge in [-0.2, -0.15) is 0 Å². The third-order valence-electron chi connectivity index (χ3n) is 2.40. The van der Waals surface area contributed by atoms with Crippen molar-refractivity contribution in [3.05, 3.63) is 20.3 Å². The van der Waals surface area contributed by atoms with Crippen LogP contribution in [0, 0.1) is 0 Å². The molecule has 0 saturated heterocycles. The molecule has 76 valence electrons. The maximum atomic E-state index is 10.8. The van der Waals surface area contributed by atoms with E-state index in [2.05, 4.69) is 27.3 Å². The second kappa shape index (κ2) is 3.90. The predicted octanol–water partition coefficient (Wildman–Crippen LogP) is 2.56. The summed E-state index contributed by atoms with van der Waals surface area (Å²) in [5.41, 5.74) is 6.36. The summed E-state index contributed by atoms with van der Waals surface area (Å²) in [5, 5.41) is 2.78. The molecule has 0 radical (unpaired) electrons. The van der Waals surface area contributed by atoms with Crippen molar-refractivity contribution in [3.8, 4) is 0 Å². The van der Waals surface area contributed by atoms with Crippen molar-refractivity contribution in [3.63, 3.8) is 0 Å². The number of nitrogens with one attached hydrogen (secondary N) is 1. The highest BCUT2D eigenvalue weighted by Gasteiger charge is 2.23. The number of rotatable bonds is 1. The van der Waals surface area contributed by atoms with Crippen LogP contribution in [0.5, 0.6) is 0 Å². The molecule has 0 aromatic carbocycles. The van der Waals surface area contributed by atoms with Crippen molar-refractivity contribution in [2.24, 2.45) is 5.73 Å². The first kappa shape index (κ1) is 9.98. The third-order valence-corrected chi connectivity index (χ3v) is 4.11. The molecule has 1 aromatic heterocycles. The number of halogens is 1. The summed E-state index contributed by atoms with van der Waals surface area (Å²) in [7, 11) is 0. The van der Waals surface area contributed by atoms with Gasteiger partial charge in [-0.25, -0.2) is 4.79 Å². The van der Waals surface area contributed by atoms with E-state index in [4.69, 9.17) is 5.73 Å². The van der Waals surface area contributed by atoms with E-state index >= 15 is 0 Å². The average molecular weight is 275 g/mol. The van der Waals surface area contributed by atoms with E-state index in [1.165, 1.54) is 10.4 Å². The Hall–Kier alpha value is -0.550. The maximum Gasteiger partial charge on any atom is 0.312 e. The first-order valence-electron chi connectivity index (χ1n) is 4.51. The molecule has 0 aliphatic heterocycles. The monoisotopic (exact) mass is 274 g/mol. The van der Waals surface area contributed by atoms with Crippen molar-refractivity contribution in [2.45, 2.75) is 25.3 Å².